The van der Waals surface area contributed by atoms with E-state index < -0.39 is 0 Å². The summed E-state index contributed by atoms with van der Waals surface area (Å²) < 4.78 is 15.2. The summed E-state index contributed by atoms with van der Waals surface area (Å²) in [6.45, 7) is 2.12. The van der Waals surface area contributed by atoms with Gasteiger partial charge in [0.05, 0.1) is 5.69 Å². The highest BCUT2D eigenvalue weighted by atomic mass is 19.1. The second-order valence-corrected chi connectivity index (χ2v) is 5.11. The molecule has 1 N–H and O–H groups in total. The molecule has 100 valence electrons. The molecule has 4 heteroatoms. The van der Waals surface area contributed by atoms with E-state index in [1.807, 2.05) is 17.8 Å². The maximum atomic E-state index is 13.3. The van der Waals surface area contributed by atoms with Crippen LogP contribution >= 0.6 is 0 Å². The minimum atomic E-state index is -0.216. The van der Waals surface area contributed by atoms with Gasteiger partial charge in [0, 0.05) is 24.2 Å². The first-order valence-electron chi connectivity index (χ1n) is 6.74. The number of nitrogens with one attached hydrogen (secondary N) is 1. The van der Waals surface area contributed by atoms with Crippen LogP contribution in [0.5, 0.6) is 0 Å². The molecule has 0 aliphatic carbocycles. The van der Waals surface area contributed by atoms with Gasteiger partial charge in [-0.2, -0.15) is 5.10 Å². The van der Waals surface area contributed by atoms with Crippen LogP contribution in [0.4, 0.5) is 4.39 Å². The fourth-order valence-electron chi connectivity index (χ4n) is 2.77. The highest BCUT2D eigenvalue weighted by Crippen LogP contribution is 2.28. The number of piperidine rings is 1. The van der Waals surface area contributed by atoms with Crippen LogP contribution in [0.1, 0.15) is 24.5 Å². The number of aryl methyl sites for hydroxylation is 1. The molecule has 0 bridgehead atoms. The molecule has 1 aliphatic rings. The maximum absolute atomic E-state index is 13.3. The summed E-state index contributed by atoms with van der Waals surface area (Å²) in [5, 5.41) is 7.90. The number of aromatic nitrogens is 2. The molecule has 0 spiro atoms. The lowest BCUT2D eigenvalue weighted by Gasteiger charge is -2.22. The fourth-order valence-corrected chi connectivity index (χ4v) is 2.77. The third-order valence-corrected chi connectivity index (χ3v) is 3.79. The number of hydrogen-bond acceptors (Lipinski definition) is 2. The predicted octanol–water partition coefficient (Wildman–Crippen LogP) is 2.69. The van der Waals surface area contributed by atoms with Crippen molar-refractivity contribution < 1.29 is 4.39 Å². The highest BCUT2D eigenvalue weighted by molar-refractivity contribution is 5.59. The van der Waals surface area contributed by atoms with E-state index in [4.69, 9.17) is 0 Å². The van der Waals surface area contributed by atoms with Crippen LogP contribution in [-0.4, -0.2) is 22.9 Å². The number of benzene rings is 1. The molecule has 0 atom stereocenters. The van der Waals surface area contributed by atoms with E-state index in [0.717, 1.165) is 37.2 Å². The van der Waals surface area contributed by atoms with Crippen LogP contribution in [0.2, 0.25) is 0 Å². The SMILES string of the molecule is Cn1nc(-c2cccc(F)c2)cc1C1CCNCC1. The van der Waals surface area contributed by atoms with E-state index in [-0.39, 0.29) is 5.82 Å². The van der Waals surface area contributed by atoms with Crippen molar-refractivity contribution >= 4 is 0 Å². The number of rotatable bonds is 2. The van der Waals surface area contributed by atoms with Crippen LogP contribution < -0.4 is 5.32 Å². The zero-order valence-electron chi connectivity index (χ0n) is 11.1. The molecule has 0 amide bonds. The van der Waals surface area contributed by atoms with E-state index in [1.54, 1.807) is 6.07 Å². The lowest BCUT2D eigenvalue weighted by atomic mass is 9.94. The van der Waals surface area contributed by atoms with Crippen LogP contribution in [0.3, 0.4) is 0 Å². The van der Waals surface area contributed by atoms with Crippen molar-refractivity contribution in [2.24, 2.45) is 7.05 Å². The Labute approximate surface area is 112 Å². The number of nitrogens with zero attached hydrogens (tertiary/aromatic N) is 2. The molecule has 19 heavy (non-hydrogen) atoms. The van der Waals surface area contributed by atoms with E-state index >= 15 is 0 Å². The highest BCUT2D eigenvalue weighted by Gasteiger charge is 2.19. The Morgan fingerprint density at radius 2 is 2.05 bits per heavy atom. The van der Waals surface area contributed by atoms with E-state index in [1.165, 1.54) is 17.8 Å². The first-order chi connectivity index (χ1) is 9.24. The van der Waals surface area contributed by atoms with Gasteiger partial charge < -0.3 is 5.32 Å². The third-order valence-electron chi connectivity index (χ3n) is 3.79. The summed E-state index contributed by atoms with van der Waals surface area (Å²) in [7, 11) is 1.97. The van der Waals surface area contributed by atoms with Gasteiger partial charge in [0.25, 0.3) is 0 Å². The molecule has 1 fully saturated rings. The zero-order chi connectivity index (χ0) is 13.2. The molecule has 1 aliphatic heterocycles. The average Bonchev–Trinajstić information content (AvgIpc) is 2.82. The third kappa shape index (κ3) is 2.54. The summed E-state index contributed by atoms with van der Waals surface area (Å²) in [4.78, 5) is 0. The Morgan fingerprint density at radius 3 is 2.79 bits per heavy atom. The molecule has 0 saturated carbocycles. The van der Waals surface area contributed by atoms with Crippen molar-refractivity contribution in [2.75, 3.05) is 13.1 Å². The molecular formula is C15H18FN3. The summed E-state index contributed by atoms with van der Waals surface area (Å²) in [5.41, 5.74) is 2.95. The van der Waals surface area contributed by atoms with Crippen molar-refractivity contribution in [3.63, 3.8) is 0 Å². The minimum absolute atomic E-state index is 0.216. The van der Waals surface area contributed by atoms with Gasteiger partial charge in [-0.3, -0.25) is 4.68 Å². The Morgan fingerprint density at radius 1 is 1.26 bits per heavy atom. The largest absolute Gasteiger partial charge is 0.317 e. The van der Waals surface area contributed by atoms with Crippen molar-refractivity contribution in [3.05, 3.63) is 41.8 Å². The zero-order valence-corrected chi connectivity index (χ0v) is 11.1. The normalized spacial score (nSPS) is 16.7. The average molecular weight is 259 g/mol. The van der Waals surface area contributed by atoms with E-state index in [2.05, 4.69) is 16.5 Å². The number of hydrogen-bond donors (Lipinski definition) is 1. The summed E-state index contributed by atoms with van der Waals surface area (Å²) in [6.07, 6.45) is 2.28. The Balaban J connectivity index is 1.92. The Kier molecular flexibility index (Phi) is 3.34. The van der Waals surface area contributed by atoms with Gasteiger partial charge in [-0.05, 0) is 44.1 Å². The van der Waals surface area contributed by atoms with Crippen LogP contribution in [0.25, 0.3) is 11.3 Å². The second-order valence-electron chi connectivity index (χ2n) is 5.11. The van der Waals surface area contributed by atoms with Gasteiger partial charge in [-0.15, -0.1) is 0 Å². The fraction of sp³-hybridized carbons (Fsp3) is 0.400. The topological polar surface area (TPSA) is 29.9 Å². The van der Waals surface area contributed by atoms with Gasteiger partial charge in [-0.25, -0.2) is 4.39 Å². The molecule has 0 unspecified atom stereocenters. The molecule has 0 radical (unpaired) electrons. The predicted molar refractivity (Wildman–Crippen MR) is 73.4 cm³/mol. The second kappa shape index (κ2) is 5.13. The van der Waals surface area contributed by atoms with Gasteiger partial charge in [-0.1, -0.05) is 12.1 Å². The molecule has 1 aromatic carbocycles. The van der Waals surface area contributed by atoms with Crippen molar-refractivity contribution in [1.29, 1.82) is 0 Å². The lowest BCUT2D eigenvalue weighted by Crippen LogP contribution is -2.27. The van der Waals surface area contributed by atoms with Gasteiger partial charge in [0.2, 0.25) is 0 Å². The first-order valence-corrected chi connectivity index (χ1v) is 6.74. The molecule has 2 heterocycles. The molecule has 2 aromatic rings. The van der Waals surface area contributed by atoms with Crippen molar-refractivity contribution in [1.82, 2.24) is 15.1 Å². The molecule has 3 nitrogen and oxygen atoms in total. The van der Waals surface area contributed by atoms with Crippen molar-refractivity contribution in [3.8, 4) is 11.3 Å². The lowest BCUT2D eigenvalue weighted by molar-refractivity contribution is 0.440. The van der Waals surface area contributed by atoms with Gasteiger partial charge in [0.15, 0.2) is 0 Å². The summed E-state index contributed by atoms with van der Waals surface area (Å²) >= 11 is 0. The standard InChI is InChI=1S/C15H18FN3/c1-19-15(11-5-7-17-8-6-11)10-14(18-19)12-3-2-4-13(16)9-12/h2-4,9-11,17H,5-8H2,1H3. The first kappa shape index (κ1) is 12.4. The summed E-state index contributed by atoms with van der Waals surface area (Å²) in [6, 6.07) is 8.72. The Bertz CT molecular complexity index is 571. The van der Waals surface area contributed by atoms with Crippen molar-refractivity contribution in [2.45, 2.75) is 18.8 Å². The minimum Gasteiger partial charge on any atom is -0.317 e. The molecule has 1 saturated heterocycles. The maximum Gasteiger partial charge on any atom is 0.123 e. The van der Waals surface area contributed by atoms with Gasteiger partial charge >= 0.3 is 0 Å². The monoisotopic (exact) mass is 259 g/mol. The molecule has 3 rings (SSSR count). The van der Waals surface area contributed by atoms with Crippen LogP contribution in [0.15, 0.2) is 30.3 Å². The van der Waals surface area contributed by atoms with Crippen LogP contribution in [-0.2, 0) is 7.05 Å². The summed E-state index contributed by atoms with van der Waals surface area (Å²) in [5.74, 6) is 0.340. The smallest absolute Gasteiger partial charge is 0.123 e. The van der Waals surface area contributed by atoms with E-state index in [9.17, 15) is 4.39 Å². The van der Waals surface area contributed by atoms with E-state index in [0.29, 0.717) is 5.92 Å². The Hall–Kier alpha value is -1.68. The van der Waals surface area contributed by atoms with Crippen LogP contribution in [0, 0.1) is 5.82 Å². The quantitative estimate of drug-likeness (QED) is 0.898. The number of halogens is 1. The van der Waals surface area contributed by atoms with Gasteiger partial charge in [0.1, 0.15) is 5.82 Å². The molecule has 1 aromatic heterocycles. The molecular weight excluding hydrogens is 241 g/mol.